The second kappa shape index (κ2) is 9.15. The van der Waals surface area contributed by atoms with Crippen LogP contribution < -0.4 is 0 Å². The highest BCUT2D eigenvalue weighted by molar-refractivity contribution is 7.99. The first kappa shape index (κ1) is 16.2. The molecule has 3 N–H and O–H groups in total. The number of aliphatic hydroxyl groups excluding tert-OH is 3. The molecular formula is C13H26O4S. The molecule has 0 spiro atoms. The van der Waals surface area contributed by atoms with Crippen LogP contribution in [0.2, 0.25) is 0 Å². The highest BCUT2D eigenvalue weighted by atomic mass is 32.2. The van der Waals surface area contributed by atoms with Gasteiger partial charge in [0.1, 0.15) is 12.2 Å². The van der Waals surface area contributed by atoms with Crippen LogP contribution in [0.15, 0.2) is 0 Å². The zero-order valence-electron chi connectivity index (χ0n) is 11.1. The summed E-state index contributed by atoms with van der Waals surface area (Å²) < 4.78 is 5.08. The number of unbranched alkanes of at least 4 members (excludes halogenated alkanes) is 5. The summed E-state index contributed by atoms with van der Waals surface area (Å²) in [5.74, 6) is 1.68. The smallest absolute Gasteiger partial charge is 0.183 e. The summed E-state index contributed by atoms with van der Waals surface area (Å²) in [6.07, 6.45) is 3.86. The highest BCUT2D eigenvalue weighted by Gasteiger charge is 2.41. The van der Waals surface area contributed by atoms with Crippen molar-refractivity contribution in [2.75, 3.05) is 11.5 Å². The van der Waals surface area contributed by atoms with Gasteiger partial charge in [0.2, 0.25) is 0 Å². The molecule has 0 aliphatic carbocycles. The largest absolute Gasteiger partial charge is 0.387 e. The van der Waals surface area contributed by atoms with E-state index in [0.717, 1.165) is 5.75 Å². The SMILES string of the molecule is CCCCCCCCSC[C@H]1O[C@@H](O)[C@@H](O)[C@@H]1O. The first-order valence-electron chi connectivity index (χ1n) is 6.94. The Morgan fingerprint density at radius 3 is 2.22 bits per heavy atom. The third kappa shape index (κ3) is 5.45. The van der Waals surface area contributed by atoms with E-state index in [1.807, 2.05) is 0 Å². The Balaban J connectivity index is 1.95. The van der Waals surface area contributed by atoms with Gasteiger partial charge in [-0.2, -0.15) is 11.8 Å². The quantitative estimate of drug-likeness (QED) is 0.558. The van der Waals surface area contributed by atoms with Crippen molar-refractivity contribution in [2.24, 2.45) is 0 Å². The van der Waals surface area contributed by atoms with E-state index in [0.29, 0.717) is 5.75 Å². The van der Waals surface area contributed by atoms with Crippen molar-refractivity contribution >= 4 is 11.8 Å². The molecule has 108 valence electrons. The fraction of sp³-hybridized carbons (Fsp3) is 1.00. The van der Waals surface area contributed by atoms with Gasteiger partial charge in [0.15, 0.2) is 6.29 Å². The highest BCUT2D eigenvalue weighted by Crippen LogP contribution is 2.23. The Labute approximate surface area is 114 Å². The Morgan fingerprint density at radius 1 is 0.944 bits per heavy atom. The molecule has 1 heterocycles. The van der Waals surface area contributed by atoms with Gasteiger partial charge in [-0.3, -0.25) is 0 Å². The van der Waals surface area contributed by atoms with Crippen molar-refractivity contribution in [1.29, 1.82) is 0 Å². The summed E-state index contributed by atoms with van der Waals surface area (Å²) in [7, 11) is 0. The second-order valence-electron chi connectivity index (χ2n) is 4.89. The van der Waals surface area contributed by atoms with E-state index in [1.54, 1.807) is 11.8 Å². The standard InChI is InChI=1S/C13H26O4S/c1-2-3-4-5-6-7-8-18-9-10-11(14)12(15)13(16)17-10/h10-16H,2-9H2,1H3/t10-,11-,12+,13-/m1/s1. The minimum absolute atomic E-state index is 0.444. The van der Waals surface area contributed by atoms with Gasteiger partial charge in [0, 0.05) is 5.75 Å². The molecule has 1 fully saturated rings. The number of ether oxygens (including phenoxy) is 1. The molecule has 0 radical (unpaired) electrons. The molecule has 1 rings (SSSR count). The van der Waals surface area contributed by atoms with E-state index in [9.17, 15) is 15.3 Å². The van der Waals surface area contributed by atoms with E-state index in [-0.39, 0.29) is 0 Å². The maximum atomic E-state index is 9.58. The number of hydrogen-bond acceptors (Lipinski definition) is 5. The molecule has 0 aromatic heterocycles. The van der Waals surface area contributed by atoms with Crippen LogP contribution in [0.1, 0.15) is 45.4 Å². The Hall–Kier alpha value is 0.190. The topological polar surface area (TPSA) is 69.9 Å². The van der Waals surface area contributed by atoms with Gasteiger partial charge in [-0.05, 0) is 12.2 Å². The van der Waals surface area contributed by atoms with E-state index >= 15 is 0 Å². The van der Waals surface area contributed by atoms with Crippen LogP contribution in [0.25, 0.3) is 0 Å². The lowest BCUT2D eigenvalue weighted by atomic mass is 10.1. The number of hydrogen-bond donors (Lipinski definition) is 3. The van der Waals surface area contributed by atoms with Gasteiger partial charge in [-0.25, -0.2) is 0 Å². The second-order valence-corrected chi connectivity index (χ2v) is 6.04. The lowest BCUT2D eigenvalue weighted by molar-refractivity contribution is -0.123. The fourth-order valence-corrected chi connectivity index (χ4v) is 3.13. The number of aliphatic hydroxyl groups is 3. The van der Waals surface area contributed by atoms with Crippen LogP contribution in [0.5, 0.6) is 0 Å². The summed E-state index contributed by atoms with van der Waals surface area (Å²) in [5.41, 5.74) is 0. The predicted molar refractivity (Wildman–Crippen MR) is 73.6 cm³/mol. The maximum Gasteiger partial charge on any atom is 0.183 e. The van der Waals surface area contributed by atoms with E-state index < -0.39 is 24.6 Å². The minimum atomic E-state index is -1.24. The monoisotopic (exact) mass is 278 g/mol. The summed E-state index contributed by atoms with van der Waals surface area (Å²) in [5, 5.41) is 28.1. The van der Waals surface area contributed by atoms with Crippen molar-refractivity contribution in [3.05, 3.63) is 0 Å². The molecule has 1 aliphatic rings. The van der Waals surface area contributed by atoms with Gasteiger partial charge in [0.25, 0.3) is 0 Å². The summed E-state index contributed by atoms with van der Waals surface area (Å²) in [4.78, 5) is 0. The molecule has 0 amide bonds. The molecular weight excluding hydrogens is 252 g/mol. The van der Waals surface area contributed by atoms with Crippen LogP contribution in [-0.2, 0) is 4.74 Å². The van der Waals surface area contributed by atoms with E-state index in [2.05, 4.69) is 6.92 Å². The minimum Gasteiger partial charge on any atom is -0.387 e. The molecule has 18 heavy (non-hydrogen) atoms. The first-order chi connectivity index (χ1) is 8.66. The van der Waals surface area contributed by atoms with Crippen molar-refractivity contribution in [1.82, 2.24) is 0 Å². The average molecular weight is 278 g/mol. The van der Waals surface area contributed by atoms with Gasteiger partial charge in [0.05, 0.1) is 6.10 Å². The third-order valence-electron chi connectivity index (χ3n) is 3.26. The number of rotatable bonds is 9. The van der Waals surface area contributed by atoms with Crippen molar-refractivity contribution < 1.29 is 20.1 Å². The van der Waals surface area contributed by atoms with E-state index in [4.69, 9.17) is 4.74 Å². The zero-order chi connectivity index (χ0) is 13.4. The Kier molecular flexibility index (Phi) is 8.26. The van der Waals surface area contributed by atoms with Crippen molar-refractivity contribution in [2.45, 2.75) is 70.1 Å². The van der Waals surface area contributed by atoms with Crippen LogP contribution in [0, 0.1) is 0 Å². The maximum absolute atomic E-state index is 9.58. The molecule has 0 saturated carbocycles. The molecule has 0 aromatic rings. The normalized spacial score (nSPS) is 32.0. The molecule has 0 aromatic carbocycles. The van der Waals surface area contributed by atoms with Gasteiger partial charge in [-0.1, -0.05) is 39.0 Å². The van der Waals surface area contributed by atoms with Gasteiger partial charge >= 0.3 is 0 Å². The molecule has 1 saturated heterocycles. The Bertz CT molecular complexity index is 215. The molecule has 0 bridgehead atoms. The van der Waals surface area contributed by atoms with Crippen molar-refractivity contribution in [3.63, 3.8) is 0 Å². The Morgan fingerprint density at radius 2 is 1.61 bits per heavy atom. The van der Waals surface area contributed by atoms with E-state index in [1.165, 1.54) is 38.5 Å². The molecule has 4 atom stereocenters. The lowest BCUT2D eigenvalue weighted by Crippen LogP contribution is -2.33. The predicted octanol–water partition coefficient (Wildman–Crippen LogP) is 1.52. The summed E-state index contributed by atoms with van der Waals surface area (Å²) >= 11 is 1.71. The number of thioether (sulfide) groups is 1. The molecule has 1 aliphatic heterocycles. The third-order valence-corrected chi connectivity index (χ3v) is 4.40. The first-order valence-corrected chi connectivity index (χ1v) is 8.09. The van der Waals surface area contributed by atoms with Crippen LogP contribution in [0.3, 0.4) is 0 Å². The molecule has 0 unspecified atom stereocenters. The fourth-order valence-electron chi connectivity index (χ4n) is 2.05. The van der Waals surface area contributed by atoms with Crippen LogP contribution in [-0.4, -0.2) is 51.4 Å². The summed E-state index contributed by atoms with van der Waals surface area (Å²) in [6.45, 7) is 2.21. The van der Waals surface area contributed by atoms with Gasteiger partial charge in [-0.15, -0.1) is 0 Å². The molecule has 5 heteroatoms. The average Bonchev–Trinajstić information content (AvgIpc) is 2.60. The van der Waals surface area contributed by atoms with Crippen molar-refractivity contribution in [3.8, 4) is 0 Å². The van der Waals surface area contributed by atoms with Crippen LogP contribution >= 0.6 is 11.8 Å². The summed E-state index contributed by atoms with van der Waals surface area (Å²) in [6, 6.07) is 0. The lowest BCUT2D eigenvalue weighted by Gasteiger charge is -2.13. The molecule has 4 nitrogen and oxygen atoms in total. The van der Waals surface area contributed by atoms with Gasteiger partial charge < -0.3 is 20.1 Å². The zero-order valence-corrected chi connectivity index (χ0v) is 11.9. The van der Waals surface area contributed by atoms with Crippen LogP contribution in [0.4, 0.5) is 0 Å².